The molecule has 0 amide bonds. The first kappa shape index (κ1) is 8.54. The Balaban J connectivity index is 2.28. The van der Waals surface area contributed by atoms with E-state index in [1.54, 1.807) is 11.3 Å². The van der Waals surface area contributed by atoms with Crippen LogP contribution in [-0.4, -0.2) is 6.54 Å². The first-order valence-electron chi connectivity index (χ1n) is 4.22. The molecular formula is C9H12ClNS. The lowest BCUT2D eigenvalue weighted by Crippen LogP contribution is -2.31. The second kappa shape index (κ2) is 3.02. The Kier molecular flexibility index (Phi) is 2.15. The van der Waals surface area contributed by atoms with Crippen molar-refractivity contribution in [1.29, 1.82) is 0 Å². The maximum absolute atomic E-state index is 5.89. The summed E-state index contributed by atoms with van der Waals surface area (Å²) >= 11 is 7.58. The summed E-state index contributed by atoms with van der Waals surface area (Å²) in [7, 11) is 0. The van der Waals surface area contributed by atoms with E-state index in [0.717, 1.165) is 10.9 Å². The Bertz CT molecular complexity index is 276. The van der Waals surface area contributed by atoms with E-state index in [1.807, 2.05) is 6.07 Å². The van der Waals surface area contributed by atoms with Crippen molar-refractivity contribution in [3.05, 3.63) is 21.3 Å². The third kappa shape index (κ3) is 1.39. The van der Waals surface area contributed by atoms with Crippen molar-refractivity contribution in [2.45, 2.75) is 25.3 Å². The van der Waals surface area contributed by atoms with Gasteiger partial charge in [-0.1, -0.05) is 11.6 Å². The highest BCUT2D eigenvalue weighted by Gasteiger charge is 2.30. The molecule has 0 aliphatic carbocycles. The lowest BCUT2D eigenvalue weighted by atomic mass is 9.99. The molecule has 1 fully saturated rings. The summed E-state index contributed by atoms with van der Waals surface area (Å²) in [6.07, 6.45) is 2.50. The van der Waals surface area contributed by atoms with Gasteiger partial charge in [-0.05, 0) is 38.4 Å². The second-order valence-corrected chi connectivity index (χ2v) is 5.18. The molecule has 1 aliphatic heterocycles. The number of halogens is 1. The number of hydrogen-bond donors (Lipinski definition) is 1. The highest BCUT2D eigenvalue weighted by molar-refractivity contribution is 7.16. The van der Waals surface area contributed by atoms with Gasteiger partial charge in [0.15, 0.2) is 0 Å². The van der Waals surface area contributed by atoms with Gasteiger partial charge in [-0.25, -0.2) is 0 Å². The van der Waals surface area contributed by atoms with Crippen molar-refractivity contribution in [2.24, 2.45) is 0 Å². The lowest BCUT2D eigenvalue weighted by molar-refractivity contribution is 0.444. The van der Waals surface area contributed by atoms with Crippen LogP contribution >= 0.6 is 22.9 Å². The van der Waals surface area contributed by atoms with Gasteiger partial charge in [0.25, 0.3) is 0 Å². The quantitative estimate of drug-likeness (QED) is 0.737. The van der Waals surface area contributed by atoms with Gasteiger partial charge in [0.1, 0.15) is 0 Å². The minimum absolute atomic E-state index is 0.192. The highest BCUT2D eigenvalue weighted by Crippen LogP contribution is 2.36. The van der Waals surface area contributed by atoms with Crippen LogP contribution in [0.25, 0.3) is 0 Å². The Labute approximate surface area is 81.7 Å². The molecule has 2 heterocycles. The Morgan fingerprint density at radius 2 is 2.42 bits per heavy atom. The zero-order valence-corrected chi connectivity index (χ0v) is 8.63. The lowest BCUT2D eigenvalue weighted by Gasteiger charge is -2.22. The number of nitrogens with one attached hydrogen (secondary N) is 1. The van der Waals surface area contributed by atoms with E-state index in [-0.39, 0.29) is 5.54 Å². The van der Waals surface area contributed by atoms with Gasteiger partial charge in [0.05, 0.1) is 9.88 Å². The topological polar surface area (TPSA) is 12.0 Å². The normalized spacial score (nSPS) is 29.5. The molecule has 1 aromatic rings. The molecule has 1 saturated heterocycles. The van der Waals surface area contributed by atoms with Crippen molar-refractivity contribution in [3.8, 4) is 0 Å². The fourth-order valence-corrected chi connectivity index (χ4v) is 2.91. The zero-order chi connectivity index (χ0) is 8.60. The molecular weight excluding hydrogens is 190 g/mol. The molecule has 1 atom stereocenters. The van der Waals surface area contributed by atoms with Crippen LogP contribution < -0.4 is 5.32 Å². The third-order valence-electron chi connectivity index (χ3n) is 2.49. The molecule has 1 N–H and O–H groups in total. The van der Waals surface area contributed by atoms with E-state index in [0.29, 0.717) is 0 Å². The summed E-state index contributed by atoms with van der Waals surface area (Å²) in [6.45, 7) is 3.38. The molecule has 12 heavy (non-hydrogen) atoms. The largest absolute Gasteiger partial charge is 0.307 e. The first-order chi connectivity index (χ1) is 5.71. The van der Waals surface area contributed by atoms with Gasteiger partial charge in [0, 0.05) is 4.88 Å². The van der Waals surface area contributed by atoms with Crippen LogP contribution in [0.4, 0.5) is 0 Å². The van der Waals surface area contributed by atoms with E-state index in [9.17, 15) is 0 Å². The number of thiophene rings is 1. The van der Waals surface area contributed by atoms with E-state index < -0.39 is 0 Å². The van der Waals surface area contributed by atoms with Crippen LogP contribution in [-0.2, 0) is 5.54 Å². The van der Waals surface area contributed by atoms with Gasteiger partial charge in [0.2, 0.25) is 0 Å². The molecule has 1 nitrogen and oxygen atoms in total. The molecule has 0 radical (unpaired) electrons. The minimum atomic E-state index is 0.192. The van der Waals surface area contributed by atoms with Gasteiger partial charge in [-0.15, -0.1) is 11.3 Å². The Morgan fingerprint density at radius 1 is 1.58 bits per heavy atom. The smallest absolute Gasteiger partial charge is 0.0931 e. The van der Waals surface area contributed by atoms with Crippen LogP contribution in [0, 0.1) is 0 Å². The summed E-state index contributed by atoms with van der Waals surface area (Å²) in [4.78, 5) is 1.37. The van der Waals surface area contributed by atoms with Crippen molar-refractivity contribution < 1.29 is 0 Å². The van der Waals surface area contributed by atoms with Crippen LogP contribution in [0.2, 0.25) is 4.34 Å². The average Bonchev–Trinajstić information content (AvgIpc) is 2.59. The third-order valence-corrected chi connectivity index (χ3v) is 3.98. The van der Waals surface area contributed by atoms with E-state index >= 15 is 0 Å². The maximum atomic E-state index is 5.89. The molecule has 0 bridgehead atoms. The first-order valence-corrected chi connectivity index (χ1v) is 5.41. The van der Waals surface area contributed by atoms with Crippen molar-refractivity contribution in [3.63, 3.8) is 0 Å². The van der Waals surface area contributed by atoms with Gasteiger partial charge in [-0.2, -0.15) is 0 Å². The predicted molar refractivity (Wildman–Crippen MR) is 53.9 cm³/mol. The van der Waals surface area contributed by atoms with Gasteiger partial charge >= 0.3 is 0 Å². The summed E-state index contributed by atoms with van der Waals surface area (Å²) in [5.74, 6) is 0. The average molecular weight is 202 g/mol. The fraction of sp³-hybridized carbons (Fsp3) is 0.556. The monoisotopic (exact) mass is 201 g/mol. The van der Waals surface area contributed by atoms with Gasteiger partial charge in [-0.3, -0.25) is 0 Å². The standard InChI is InChI=1S/C9H12ClNS/c1-9(5-2-6-11-9)7-3-4-8(10)12-7/h3-4,11H,2,5-6H2,1H3. The molecule has 1 unspecified atom stereocenters. The zero-order valence-electron chi connectivity index (χ0n) is 7.06. The van der Waals surface area contributed by atoms with Gasteiger partial charge < -0.3 is 5.32 Å². The van der Waals surface area contributed by atoms with Crippen LogP contribution in [0.5, 0.6) is 0 Å². The SMILES string of the molecule is CC1(c2ccc(Cl)s2)CCCN1. The summed E-state index contributed by atoms with van der Waals surface area (Å²) in [5.41, 5.74) is 0.192. The predicted octanol–water partition coefficient (Wildman–Crippen LogP) is 3.00. The summed E-state index contributed by atoms with van der Waals surface area (Å²) in [6, 6.07) is 4.11. The second-order valence-electron chi connectivity index (χ2n) is 3.47. The summed E-state index contributed by atoms with van der Waals surface area (Å²) in [5, 5.41) is 3.51. The minimum Gasteiger partial charge on any atom is -0.307 e. The molecule has 1 aromatic heterocycles. The Morgan fingerprint density at radius 3 is 2.92 bits per heavy atom. The van der Waals surface area contributed by atoms with E-state index in [4.69, 9.17) is 11.6 Å². The van der Waals surface area contributed by atoms with Crippen LogP contribution in [0.15, 0.2) is 12.1 Å². The molecule has 0 saturated carbocycles. The maximum Gasteiger partial charge on any atom is 0.0931 e. The molecule has 1 aliphatic rings. The van der Waals surface area contributed by atoms with Crippen LogP contribution in [0.3, 0.4) is 0 Å². The van der Waals surface area contributed by atoms with Crippen LogP contribution in [0.1, 0.15) is 24.6 Å². The molecule has 3 heteroatoms. The van der Waals surface area contributed by atoms with E-state index in [2.05, 4.69) is 18.3 Å². The highest BCUT2D eigenvalue weighted by atomic mass is 35.5. The number of rotatable bonds is 1. The fourth-order valence-electron chi connectivity index (χ4n) is 1.72. The molecule has 0 spiro atoms. The number of hydrogen-bond acceptors (Lipinski definition) is 2. The van der Waals surface area contributed by atoms with Crippen molar-refractivity contribution >= 4 is 22.9 Å². The summed E-state index contributed by atoms with van der Waals surface area (Å²) < 4.78 is 0.889. The van der Waals surface area contributed by atoms with Crippen molar-refractivity contribution in [1.82, 2.24) is 5.32 Å². The molecule has 0 aromatic carbocycles. The van der Waals surface area contributed by atoms with E-state index in [1.165, 1.54) is 17.7 Å². The Hall–Kier alpha value is -0.0500. The van der Waals surface area contributed by atoms with Crippen molar-refractivity contribution in [2.75, 3.05) is 6.54 Å². The molecule has 66 valence electrons. The molecule has 2 rings (SSSR count).